The van der Waals surface area contributed by atoms with Crippen LogP contribution in [0, 0.1) is 5.92 Å². The molecule has 0 aromatic rings. The number of carbonyl (C=O) groups excluding carboxylic acids is 1. The molecule has 2 atom stereocenters. The van der Waals surface area contributed by atoms with Crippen LogP contribution in [-0.2, 0) is 4.79 Å². The molecule has 0 radical (unpaired) electrons. The zero-order valence-electron chi connectivity index (χ0n) is 9.00. The summed E-state index contributed by atoms with van der Waals surface area (Å²) in [6, 6.07) is 0.880. The van der Waals surface area contributed by atoms with Gasteiger partial charge in [-0.2, -0.15) is 0 Å². The third-order valence-corrected chi connectivity index (χ3v) is 2.76. The number of nitrogens with one attached hydrogen (secondary N) is 1. The molecule has 3 nitrogen and oxygen atoms in total. The molecule has 3 heteroatoms. The largest absolute Gasteiger partial charge is 0.338 e. The third kappa shape index (κ3) is 2.21. The molecule has 0 bridgehead atoms. The summed E-state index contributed by atoms with van der Waals surface area (Å²) in [7, 11) is 1.96. The maximum absolute atomic E-state index is 11.7. The average Bonchev–Trinajstić information content (AvgIpc) is 2.45. The van der Waals surface area contributed by atoms with Crippen LogP contribution in [0.4, 0.5) is 0 Å². The van der Waals surface area contributed by atoms with Crippen LogP contribution in [0.2, 0.25) is 0 Å². The standard InChI is InChI=1S/C10H20N2O.H2/c1-7(2)10(13)12-6-9(11-4)5-8(12)3;/h7-9,11H,5-6H2,1-4H3;1H/t8?,9-;/m1./s1. The molecule has 1 amide bonds. The highest BCUT2D eigenvalue weighted by Crippen LogP contribution is 2.19. The van der Waals surface area contributed by atoms with Crippen LogP contribution >= 0.6 is 0 Å². The summed E-state index contributed by atoms with van der Waals surface area (Å²) in [6.07, 6.45) is 1.08. The topological polar surface area (TPSA) is 32.3 Å². The second-order valence-corrected chi connectivity index (χ2v) is 4.22. The number of amides is 1. The zero-order valence-corrected chi connectivity index (χ0v) is 9.00. The summed E-state index contributed by atoms with van der Waals surface area (Å²) >= 11 is 0. The van der Waals surface area contributed by atoms with E-state index in [1.54, 1.807) is 0 Å². The Morgan fingerprint density at radius 2 is 2.23 bits per heavy atom. The van der Waals surface area contributed by atoms with Gasteiger partial charge in [0.2, 0.25) is 5.91 Å². The molecule has 1 N–H and O–H groups in total. The van der Waals surface area contributed by atoms with Crippen molar-refractivity contribution in [3.63, 3.8) is 0 Å². The first-order chi connectivity index (χ1) is 6.06. The second kappa shape index (κ2) is 4.09. The smallest absolute Gasteiger partial charge is 0.225 e. The number of likely N-dealkylation sites (N-methyl/N-ethyl adjacent to an activating group) is 1. The molecule has 1 unspecified atom stereocenters. The summed E-state index contributed by atoms with van der Waals surface area (Å²) in [6.45, 7) is 6.91. The predicted octanol–water partition coefficient (Wildman–Crippen LogP) is 1.10. The van der Waals surface area contributed by atoms with Gasteiger partial charge in [0.1, 0.15) is 0 Å². The molecule has 0 spiro atoms. The van der Waals surface area contributed by atoms with E-state index in [4.69, 9.17) is 0 Å². The van der Waals surface area contributed by atoms with Crippen molar-refractivity contribution in [2.24, 2.45) is 5.92 Å². The Hall–Kier alpha value is -0.570. The lowest BCUT2D eigenvalue weighted by molar-refractivity contribution is -0.135. The van der Waals surface area contributed by atoms with Crippen molar-refractivity contribution in [3.05, 3.63) is 0 Å². The molecule has 1 rings (SSSR count). The van der Waals surface area contributed by atoms with Gasteiger partial charge in [0.25, 0.3) is 0 Å². The lowest BCUT2D eigenvalue weighted by Crippen LogP contribution is -2.38. The second-order valence-electron chi connectivity index (χ2n) is 4.22. The highest BCUT2D eigenvalue weighted by Gasteiger charge is 2.32. The fraction of sp³-hybridized carbons (Fsp3) is 0.900. The zero-order chi connectivity index (χ0) is 10.0. The van der Waals surface area contributed by atoms with Gasteiger partial charge < -0.3 is 10.2 Å². The van der Waals surface area contributed by atoms with Crippen molar-refractivity contribution in [2.45, 2.75) is 39.3 Å². The van der Waals surface area contributed by atoms with Gasteiger partial charge in [-0.05, 0) is 20.4 Å². The van der Waals surface area contributed by atoms with Gasteiger partial charge in [-0.15, -0.1) is 0 Å². The Balaban J connectivity index is 0.00000169. The number of rotatable bonds is 2. The number of nitrogens with zero attached hydrogens (tertiary/aromatic N) is 1. The molecular formula is C10H22N2O. The van der Waals surface area contributed by atoms with E-state index in [2.05, 4.69) is 12.2 Å². The highest BCUT2D eigenvalue weighted by molar-refractivity contribution is 5.78. The van der Waals surface area contributed by atoms with Gasteiger partial charge >= 0.3 is 0 Å². The first-order valence-corrected chi connectivity index (χ1v) is 5.04. The summed E-state index contributed by atoms with van der Waals surface area (Å²) in [5, 5.41) is 3.22. The molecule has 13 heavy (non-hydrogen) atoms. The van der Waals surface area contributed by atoms with Crippen LogP contribution in [0.3, 0.4) is 0 Å². The average molecular weight is 186 g/mol. The van der Waals surface area contributed by atoms with Crippen LogP contribution < -0.4 is 5.32 Å². The maximum Gasteiger partial charge on any atom is 0.225 e. The van der Waals surface area contributed by atoms with Gasteiger partial charge in [-0.25, -0.2) is 0 Å². The van der Waals surface area contributed by atoms with Crippen molar-refractivity contribution in [2.75, 3.05) is 13.6 Å². The number of hydrogen-bond acceptors (Lipinski definition) is 2. The van der Waals surface area contributed by atoms with Crippen molar-refractivity contribution >= 4 is 5.91 Å². The van der Waals surface area contributed by atoms with E-state index in [9.17, 15) is 4.79 Å². The number of hydrogen-bond donors (Lipinski definition) is 1. The molecule has 1 saturated heterocycles. The van der Waals surface area contributed by atoms with Crippen molar-refractivity contribution in [1.82, 2.24) is 10.2 Å². The molecular weight excluding hydrogens is 164 g/mol. The van der Waals surface area contributed by atoms with Gasteiger partial charge in [0, 0.05) is 26.0 Å². The first kappa shape index (κ1) is 10.5. The van der Waals surface area contributed by atoms with Crippen molar-refractivity contribution in [1.29, 1.82) is 0 Å². The van der Waals surface area contributed by atoms with Gasteiger partial charge in [-0.1, -0.05) is 13.8 Å². The van der Waals surface area contributed by atoms with Crippen LogP contribution in [0.5, 0.6) is 0 Å². The molecule has 0 aliphatic carbocycles. The minimum absolute atomic E-state index is 0. The Bertz CT molecular complexity index is 197. The van der Waals surface area contributed by atoms with E-state index in [1.165, 1.54) is 0 Å². The van der Waals surface area contributed by atoms with E-state index in [1.807, 2.05) is 25.8 Å². The highest BCUT2D eigenvalue weighted by atomic mass is 16.2. The molecule has 1 aliphatic heterocycles. The van der Waals surface area contributed by atoms with Gasteiger partial charge in [-0.3, -0.25) is 4.79 Å². The SMILES string of the molecule is CN[C@@H]1CC(C)N(C(=O)C(C)C)C1.[HH]. The summed E-state index contributed by atoms with van der Waals surface area (Å²) in [4.78, 5) is 13.7. The van der Waals surface area contributed by atoms with E-state index >= 15 is 0 Å². The normalized spacial score (nSPS) is 28.5. The summed E-state index contributed by atoms with van der Waals surface area (Å²) in [5.74, 6) is 0.406. The number of likely N-dealkylation sites (tertiary alicyclic amines) is 1. The Kier molecular flexibility index (Phi) is 3.31. The Labute approximate surface area is 82.0 Å². The summed E-state index contributed by atoms with van der Waals surface area (Å²) in [5.41, 5.74) is 0. The predicted molar refractivity (Wildman–Crippen MR) is 55.6 cm³/mol. The third-order valence-electron chi connectivity index (χ3n) is 2.76. The van der Waals surface area contributed by atoms with Gasteiger partial charge in [0.05, 0.1) is 0 Å². The van der Waals surface area contributed by atoms with E-state index in [-0.39, 0.29) is 13.3 Å². The monoisotopic (exact) mass is 186 g/mol. The lowest BCUT2D eigenvalue weighted by atomic mass is 10.1. The Morgan fingerprint density at radius 3 is 2.62 bits per heavy atom. The van der Waals surface area contributed by atoms with E-state index < -0.39 is 0 Å². The Morgan fingerprint density at radius 1 is 1.62 bits per heavy atom. The first-order valence-electron chi connectivity index (χ1n) is 5.04. The quantitative estimate of drug-likeness (QED) is 0.700. The molecule has 1 heterocycles. The molecule has 1 aliphatic rings. The van der Waals surface area contributed by atoms with E-state index in [0.29, 0.717) is 12.1 Å². The minimum Gasteiger partial charge on any atom is -0.338 e. The van der Waals surface area contributed by atoms with Crippen LogP contribution in [-0.4, -0.2) is 36.5 Å². The lowest BCUT2D eigenvalue weighted by Gasteiger charge is -2.23. The van der Waals surface area contributed by atoms with Gasteiger partial charge in [0.15, 0.2) is 0 Å². The van der Waals surface area contributed by atoms with Crippen LogP contribution in [0.25, 0.3) is 0 Å². The van der Waals surface area contributed by atoms with Crippen molar-refractivity contribution in [3.8, 4) is 0 Å². The molecule has 78 valence electrons. The fourth-order valence-corrected chi connectivity index (χ4v) is 1.88. The van der Waals surface area contributed by atoms with Crippen molar-refractivity contribution < 1.29 is 6.22 Å². The summed E-state index contributed by atoms with van der Waals surface area (Å²) < 4.78 is 0. The minimum atomic E-state index is 0. The van der Waals surface area contributed by atoms with Crippen LogP contribution in [0.1, 0.15) is 28.6 Å². The molecule has 0 aromatic heterocycles. The van der Waals surface area contributed by atoms with Crippen LogP contribution in [0.15, 0.2) is 0 Å². The van der Waals surface area contributed by atoms with E-state index in [0.717, 1.165) is 13.0 Å². The molecule has 0 saturated carbocycles. The molecule has 0 aromatic carbocycles. The molecule has 1 fully saturated rings. The number of carbonyl (C=O) groups is 1. The fourth-order valence-electron chi connectivity index (χ4n) is 1.88. The maximum atomic E-state index is 11.7.